The molecule has 2 unspecified atom stereocenters. The number of likely N-dealkylation sites (tertiary alicyclic amines) is 1. The molecule has 0 aromatic carbocycles. The molecule has 0 radical (unpaired) electrons. The van der Waals surface area contributed by atoms with Crippen molar-refractivity contribution in [1.82, 2.24) is 15.1 Å². The molecule has 1 aromatic heterocycles. The average Bonchev–Trinajstić information content (AvgIpc) is 3.22. The van der Waals surface area contributed by atoms with Crippen molar-refractivity contribution in [3.05, 3.63) is 22.4 Å². The van der Waals surface area contributed by atoms with E-state index in [2.05, 4.69) is 39.6 Å². The van der Waals surface area contributed by atoms with E-state index in [1.807, 2.05) is 0 Å². The summed E-state index contributed by atoms with van der Waals surface area (Å²) in [7, 11) is 0. The van der Waals surface area contributed by atoms with Crippen LogP contribution >= 0.6 is 35.3 Å². The lowest BCUT2D eigenvalue weighted by Gasteiger charge is -2.36. The first-order chi connectivity index (χ1) is 13.7. The highest BCUT2D eigenvalue weighted by molar-refractivity contribution is 14.0. The molecule has 7 nitrogen and oxygen atoms in total. The van der Waals surface area contributed by atoms with Gasteiger partial charge in [-0.25, -0.2) is 0 Å². The van der Waals surface area contributed by atoms with Gasteiger partial charge in [0.25, 0.3) is 0 Å². The number of rotatable bonds is 7. The number of nitrogens with two attached hydrogens (primary N) is 1. The van der Waals surface area contributed by atoms with E-state index in [4.69, 9.17) is 15.5 Å². The van der Waals surface area contributed by atoms with Gasteiger partial charge in [0, 0.05) is 44.0 Å². The van der Waals surface area contributed by atoms with Crippen LogP contribution in [0.15, 0.2) is 22.5 Å². The van der Waals surface area contributed by atoms with Gasteiger partial charge in [-0.3, -0.25) is 14.7 Å². The van der Waals surface area contributed by atoms with Gasteiger partial charge < -0.3 is 20.7 Å². The smallest absolute Gasteiger partial charge is 0.217 e. The molecule has 3 rings (SSSR count). The van der Waals surface area contributed by atoms with Crippen LogP contribution in [0.25, 0.3) is 0 Å². The van der Waals surface area contributed by atoms with Crippen LogP contribution in [0.4, 0.5) is 0 Å². The number of halogens is 1. The number of amides is 1. The minimum Gasteiger partial charge on any atom is -0.379 e. The number of morpholine rings is 1. The minimum absolute atomic E-state index is 0. The van der Waals surface area contributed by atoms with Gasteiger partial charge in [-0.1, -0.05) is 6.07 Å². The Morgan fingerprint density at radius 3 is 2.86 bits per heavy atom. The zero-order valence-corrected chi connectivity index (χ0v) is 20.4. The number of carbonyl (C=O) groups is 1. The molecule has 29 heavy (non-hydrogen) atoms. The number of carbonyl (C=O) groups excluding carboxylic acids is 1. The van der Waals surface area contributed by atoms with Crippen molar-refractivity contribution in [2.24, 2.45) is 16.6 Å². The van der Waals surface area contributed by atoms with Gasteiger partial charge in [-0.2, -0.15) is 0 Å². The molecule has 1 aromatic rings. The van der Waals surface area contributed by atoms with Gasteiger partial charge in [0.05, 0.1) is 25.8 Å². The highest BCUT2D eigenvalue weighted by Crippen LogP contribution is 2.27. The Bertz CT molecular complexity index is 637. The van der Waals surface area contributed by atoms with E-state index in [1.165, 1.54) is 4.88 Å². The first kappa shape index (κ1) is 24.4. The van der Waals surface area contributed by atoms with Crippen LogP contribution in [-0.4, -0.2) is 74.1 Å². The maximum Gasteiger partial charge on any atom is 0.217 e. The summed E-state index contributed by atoms with van der Waals surface area (Å²) in [5.41, 5.74) is 5.42. The molecule has 3 heterocycles. The molecule has 2 atom stereocenters. The summed E-state index contributed by atoms with van der Waals surface area (Å²) in [6, 6.07) is 4.60. The topological polar surface area (TPSA) is 83.2 Å². The molecule has 9 heteroatoms. The average molecular weight is 535 g/mol. The molecule has 2 aliphatic heterocycles. The van der Waals surface area contributed by atoms with E-state index in [0.29, 0.717) is 12.3 Å². The van der Waals surface area contributed by atoms with Gasteiger partial charge >= 0.3 is 0 Å². The zero-order valence-electron chi connectivity index (χ0n) is 17.2. The second kappa shape index (κ2) is 12.7. The van der Waals surface area contributed by atoms with Crippen LogP contribution in [0.2, 0.25) is 0 Å². The number of hydrogen-bond acceptors (Lipinski definition) is 5. The summed E-state index contributed by atoms with van der Waals surface area (Å²) < 4.78 is 5.54. The molecule has 0 aliphatic carbocycles. The minimum atomic E-state index is -0.209. The first-order valence-electron chi connectivity index (χ1n) is 10.3. The van der Waals surface area contributed by atoms with Crippen LogP contribution in [0.5, 0.6) is 0 Å². The maximum atomic E-state index is 11.3. The molecule has 0 spiro atoms. The molecule has 1 amide bonds. The molecule has 2 aliphatic rings. The number of aliphatic imine (C=N–C) groups is 1. The number of guanidine groups is 1. The van der Waals surface area contributed by atoms with Crippen LogP contribution in [0, 0.1) is 5.92 Å². The summed E-state index contributed by atoms with van der Waals surface area (Å²) in [4.78, 5) is 22.5. The molecular weight excluding hydrogens is 501 g/mol. The monoisotopic (exact) mass is 535 g/mol. The Kier molecular flexibility index (Phi) is 10.7. The molecule has 0 saturated carbocycles. The Morgan fingerprint density at radius 2 is 2.21 bits per heavy atom. The molecular formula is C20H34IN5O2S. The van der Waals surface area contributed by atoms with Gasteiger partial charge in [-0.05, 0) is 37.1 Å². The number of hydrogen-bond donors (Lipinski definition) is 2. The van der Waals surface area contributed by atoms with Crippen molar-refractivity contribution in [3.63, 3.8) is 0 Å². The third-order valence-electron chi connectivity index (χ3n) is 5.42. The predicted octanol–water partition coefficient (Wildman–Crippen LogP) is 2.29. The van der Waals surface area contributed by atoms with Crippen LogP contribution in [0.1, 0.15) is 37.1 Å². The number of nitrogens with one attached hydrogen (secondary N) is 1. The summed E-state index contributed by atoms with van der Waals surface area (Å²) in [5.74, 6) is 1.06. The fourth-order valence-corrected chi connectivity index (χ4v) is 4.91. The van der Waals surface area contributed by atoms with Crippen molar-refractivity contribution in [3.8, 4) is 0 Å². The van der Waals surface area contributed by atoms with Gasteiger partial charge in [0.2, 0.25) is 5.91 Å². The number of thiophene rings is 1. The fourth-order valence-electron chi connectivity index (χ4n) is 4.06. The van der Waals surface area contributed by atoms with E-state index in [9.17, 15) is 4.79 Å². The zero-order chi connectivity index (χ0) is 19.8. The Labute approximate surface area is 195 Å². The molecule has 164 valence electrons. The van der Waals surface area contributed by atoms with Crippen LogP contribution in [0.3, 0.4) is 0 Å². The van der Waals surface area contributed by atoms with Crippen molar-refractivity contribution in [2.75, 3.05) is 52.5 Å². The van der Waals surface area contributed by atoms with Crippen molar-refractivity contribution in [2.45, 2.75) is 32.2 Å². The predicted molar refractivity (Wildman–Crippen MR) is 129 cm³/mol. The molecule has 3 N–H and O–H groups in total. The van der Waals surface area contributed by atoms with Crippen LogP contribution < -0.4 is 11.1 Å². The number of nitrogens with zero attached hydrogens (tertiary/aromatic N) is 3. The second-order valence-electron chi connectivity index (χ2n) is 7.50. The Morgan fingerprint density at radius 1 is 1.41 bits per heavy atom. The van der Waals surface area contributed by atoms with Crippen molar-refractivity contribution >= 4 is 47.2 Å². The number of primary amides is 1. The normalized spacial score (nSPS) is 22.0. The second-order valence-corrected chi connectivity index (χ2v) is 8.48. The lowest BCUT2D eigenvalue weighted by atomic mass is 9.95. The fraction of sp³-hybridized carbons (Fsp3) is 0.700. The van der Waals surface area contributed by atoms with E-state index < -0.39 is 0 Å². The molecule has 0 bridgehead atoms. The van der Waals surface area contributed by atoms with Gasteiger partial charge in [0.15, 0.2) is 5.96 Å². The van der Waals surface area contributed by atoms with Crippen molar-refractivity contribution in [1.29, 1.82) is 0 Å². The highest BCUT2D eigenvalue weighted by atomic mass is 127. The summed E-state index contributed by atoms with van der Waals surface area (Å²) in [6.07, 6.45) is 2.59. The third-order valence-corrected chi connectivity index (χ3v) is 6.39. The summed E-state index contributed by atoms with van der Waals surface area (Å²) >= 11 is 1.80. The van der Waals surface area contributed by atoms with Crippen LogP contribution in [-0.2, 0) is 9.53 Å². The lowest BCUT2D eigenvalue weighted by Crippen LogP contribution is -2.47. The third kappa shape index (κ3) is 7.37. The number of ether oxygens (including phenoxy) is 1. The molecule has 2 saturated heterocycles. The van der Waals surface area contributed by atoms with E-state index in [1.54, 1.807) is 11.3 Å². The largest absolute Gasteiger partial charge is 0.379 e. The lowest BCUT2D eigenvalue weighted by molar-refractivity contribution is -0.119. The van der Waals surface area contributed by atoms with Crippen molar-refractivity contribution < 1.29 is 9.53 Å². The van der Waals surface area contributed by atoms with E-state index in [0.717, 1.165) is 71.3 Å². The summed E-state index contributed by atoms with van der Waals surface area (Å²) in [5, 5.41) is 5.59. The quantitative estimate of drug-likeness (QED) is 0.318. The maximum absolute atomic E-state index is 11.3. The molecule has 2 fully saturated rings. The summed E-state index contributed by atoms with van der Waals surface area (Å²) in [6.45, 7) is 8.92. The number of piperidine rings is 1. The first-order valence-corrected chi connectivity index (χ1v) is 11.2. The van der Waals surface area contributed by atoms with Gasteiger partial charge in [0.1, 0.15) is 0 Å². The standard InChI is InChI=1S/C20H33N5O2S.HI/c1-2-22-20(25-7-3-5-16(15-25)13-19(21)26)23-14-17(18-6-4-12-28-18)24-8-10-27-11-9-24;/h4,6,12,16-17H,2-3,5,7-11,13-15H2,1H3,(H2,21,26)(H,22,23);1H. The Hall–Kier alpha value is -0.910. The van der Waals surface area contributed by atoms with E-state index >= 15 is 0 Å². The van der Waals surface area contributed by atoms with Gasteiger partial charge in [-0.15, -0.1) is 35.3 Å². The SMILES string of the molecule is CCNC(=NCC(c1cccs1)N1CCOCC1)N1CCCC(CC(N)=O)C1.I. The Balaban J connectivity index is 0.00000300. The van der Waals surface area contributed by atoms with E-state index in [-0.39, 0.29) is 35.9 Å². The highest BCUT2D eigenvalue weighted by Gasteiger charge is 2.26.